The van der Waals surface area contributed by atoms with E-state index >= 15 is 0 Å². The number of carbonyl (C=O) groups is 1. The van der Waals surface area contributed by atoms with Crippen LogP contribution in [0.25, 0.3) is 0 Å². The minimum Gasteiger partial charge on any atom is -0.493 e. The summed E-state index contributed by atoms with van der Waals surface area (Å²) in [5.74, 6) is 2.07. The van der Waals surface area contributed by atoms with Crippen LogP contribution >= 0.6 is 0 Å². The number of amides is 1. The second kappa shape index (κ2) is 7.61. The number of methoxy groups -OCH3 is 1. The van der Waals surface area contributed by atoms with Crippen molar-refractivity contribution in [3.05, 3.63) is 47.9 Å². The summed E-state index contributed by atoms with van der Waals surface area (Å²) in [6.45, 7) is 5.28. The first-order chi connectivity index (χ1) is 12.1. The Morgan fingerprint density at radius 3 is 2.48 bits per heavy atom. The Balaban J connectivity index is 1.63. The van der Waals surface area contributed by atoms with Gasteiger partial charge in [-0.1, -0.05) is 12.1 Å². The maximum Gasteiger partial charge on any atom is 0.289 e. The number of para-hydroxylation sites is 2. The fraction of sp³-hybridized carbons (Fsp3) is 0.421. The van der Waals surface area contributed by atoms with Gasteiger partial charge in [0.1, 0.15) is 12.4 Å². The van der Waals surface area contributed by atoms with Gasteiger partial charge in [-0.25, -0.2) is 0 Å². The van der Waals surface area contributed by atoms with Crippen LogP contribution in [0.2, 0.25) is 0 Å². The molecule has 134 valence electrons. The van der Waals surface area contributed by atoms with Gasteiger partial charge in [0.15, 0.2) is 17.3 Å². The molecule has 1 amide bonds. The summed E-state index contributed by atoms with van der Waals surface area (Å²) in [4.78, 5) is 14.4. The molecule has 0 aliphatic carbocycles. The maximum atomic E-state index is 12.6. The molecular weight excluding hydrogens is 322 g/mol. The van der Waals surface area contributed by atoms with Gasteiger partial charge in [0, 0.05) is 13.1 Å². The van der Waals surface area contributed by atoms with Crippen LogP contribution in [0.1, 0.15) is 30.2 Å². The Morgan fingerprint density at radius 1 is 1.12 bits per heavy atom. The molecule has 2 unspecified atom stereocenters. The van der Waals surface area contributed by atoms with Crippen molar-refractivity contribution in [3.63, 3.8) is 0 Å². The summed E-state index contributed by atoms with van der Waals surface area (Å²) in [6, 6.07) is 10.8. The van der Waals surface area contributed by atoms with Crippen LogP contribution in [-0.2, 0) is 11.3 Å². The Kier molecular flexibility index (Phi) is 5.28. The van der Waals surface area contributed by atoms with Crippen LogP contribution in [0.15, 0.2) is 40.8 Å². The molecule has 2 aromatic rings. The van der Waals surface area contributed by atoms with E-state index in [-0.39, 0.29) is 24.7 Å². The first-order valence-electron chi connectivity index (χ1n) is 8.36. The Bertz CT molecular complexity index is 716. The molecule has 1 aromatic heterocycles. The predicted octanol–water partition coefficient (Wildman–Crippen LogP) is 3.12. The van der Waals surface area contributed by atoms with E-state index in [1.165, 1.54) is 0 Å². The molecule has 2 heterocycles. The van der Waals surface area contributed by atoms with E-state index in [1.54, 1.807) is 24.1 Å². The molecule has 25 heavy (non-hydrogen) atoms. The molecule has 1 fully saturated rings. The zero-order valence-corrected chi connectivity index (χ0v) is 14.7. The minimum absolute atomic E-state index is 0.0241. The van der Waals surface area contributed by atoms with Crippen LogP contribution < -0.4 is 9.47 Å². The number of rotatable bonds is 5. The average Bonchev–Trinajstić information content (AvgIpc) is 3.07. The van der Waals surface area contributed by atoms with Crippen molar-refractivity contribution in [2.45, 2.75) is 32.7 Å². The third-order valence-corrected chi connectivity index (χ3v) is 4.02. The minimum atomic E-state index is -0.120. The van der Waals surface area contributed by atoms with Crippen molar-refractivity contribution < 1.29 is 23.4 Å². The highest BCUT2D eigenvalue weighted by molar-refractivity contribution is 5.91. The monoisotopic (exact) mass is 345 g/mol. The van der Waals surface area contributed by atoms with Crippen molar-refractivity contribution in [1.29, 1.82) is 0 Å². The molecule has 0 radical (unpaired) electrons. The second-order valence-electron chi connectivity index (χ2n) is 6.17. The van der Waals surface area contributed by atoms with Crippen LogP contribution in [0.4, 0.5) is 0 Å². The largest absolute Gasteiger partial charge is 0.493 e. The predicted molar refractivity (Wildman–Crippen MR) is 91.9 cm³/mol. The zero-order valence-electron chi connectivity index (χ0n) is 14.7. The first kappa shape index (κ1) is 17.4. The first-order valence-corrected chi connectivity index (χ1v) is 8.36. The standard InChI is InChI=1S/C19H23NO5/c1-13-10-20(11-14(2)24-13)19(21)18-9-8-15(25-18)12-23-17-7-5-4-6-16(17)22-3/h4-9,13-14H,10-12H2,1-3H3. The fourth-order valence-electron chi connectivity index (χ4n) is 2.96. The number of hydrogen-bond acceptors (Lipinski definition) is 5. The topological polar surface area (TPSA) is 61.1 Å². The molecule has 1 aliphatic heterocycles. The number of nitrogens with zero attached hydrogens (tertiary/aromatic N) is 1. The Hall–Kier alpha value is -2.47. The average molecular weight is 345 g/mol. The highest BCUT2D eigenvalue weighted by Crippen LogP contribution is 2.27. The quantitative estimate of drug-likeness (QED) is 0.833. The van der Waals surface area contributed by atoms with Crippen molar-refractivity contribution in [1.82, 2.24) is 4.90 Å². The molecular formula is C19H23NO5. The summed E-state index contributed by atoms with van der Waals surface area (Å²) < 4.78 is 22.3. The Morgan fingerprint density at radius 2 is 1.80 bits per heavy atom. The van der Waals surface area contributed by atoms with E-state index in [0.29, 0.717) is 36.1 Å². The lowest BCUT2D eigenvalue weighted by Gasteiger charge is -2.34. The number of carbonyl (C=O) groups excluding carboxylic acids is 1. The molecule has 1 aliphatic rings. The highest BCUT2D eigenvalue weighted by atomic mass is 16.5. The van der Waals surface area contributed by atoms with Crippen LogP contribution in [-0.4, -0.2) is 43.2 Å². The lowest BCUT2D eigenvalue weighted by Crippen LogP contribution is -2.48. The van der Waals surface area contributed by atoms with E-state index in [0.717, 1.165) is 0 Å². The number of morpholine rings is 1. The molecule has 6 nitrogen and oxygen atoms in total. The third kappa shape index (κ3) is 4.14. The van der Waals surface area contributed by atoms with E-state index < -0.39 is 0 Å². The molecule has 6 heteroatoms. The number of furan rings is 1. The highest BCUT2D eigenvalue weighted by Gasteiger charge is 2.28. The molecule has 0 saturated carbocycles. The van der Waals surface area contributed by atoms with E-state index in [1.807, 2.05) is 38.1 Å². The van der Waals surface area contributed by atoms with Gasteiger partial charge in [0.2, 0.25) is 0 Å². The Labute approximate surface area is 147 Å². The molecule has 0 N–H and O–H groups in total. The summed E-state index contributed by atoms with van der Waals surface area (Å²) >= 11 is 0. The van der Waals surface area contributed by atoms with Gasteiger partial charge in [-0.2, -0.15) is 0 Å². The normalized spacial score (nSPS) is 20.4. The zero-order chi connectivity index (χ0) is 17.8. The molecule has 1 saturated heterocycles. The van der Waals surface area contributed by atoms with Crippen LogP contribution in [0, 0.1) is 0 Å². The molecule has 0 bridgehead atoms. The van der Waals surface area contributed by atoms with E-state index in [4.69, 9.17) is 18.6 Å². The van der Waals surface area contributed by atoms with Gasteiger partial charge >= 0.3 is 0 Å². The third-order valence-electron chi connectivity index (χ3n) is 4.02. The van der Waals surface area contributed by atoms with Crippen molar-refractivity contribution in [3.8, 4) is 11.5 Å². The molecule has 1 aromatic carbocycles. The lowest BCUT2D eigenvalue weighted by atomic mass is 10.2. The van der Waals surface area contributed by atoms with E-state index in [2.05, 4.69) is 0 Å². The van der Waals surface area contributed by atoms with Gasteiger partial charge in [-0.3, -0.25) is 4.79 Å². The van der Waals surface area contributed by atoms with Gasteiger partial charge in [0.05, 0.1) is 19.3 Å². The van der Waals surface area contributed by atoms with Gasteiger partial charge in [-0.05, 0) is 38.1 Å². The number of benzene rings is 1. The number of ether oxygens (including phenoxy) is 3. The molecule has 0 spiro atoms. The summed E-state index contributed by atoms with van der Waals surface area (Å²) in [7, 11) is 1.59. The van der Waals surface area contributed by atoms with Gasteiger partial charge in [-0.15, -0.1) is 0 Å². The molecule has 2 atom stereocenters. The van der Waals surface area contributed by atoms with Crippen molar-refractivity contribution >= 4 is 5.91 Å². The maximum absolute atomic E-state index is 12.6. The van der Waals surface area contributed by atoms with Crippen LogP contribution in [0.5, 0.6) is 11.5 Å². The fourth-order valence-corrected chi connectivity index (χ4v) is 2.96. The molecule has 3 rings (SSSR count). The number of hydrogen-bond donors (Lipinski definition) is 0. The summed E-state index contributed by atoms with van der Waals surface area (Å²) in [5, 5.41) is 0. The summed E-state index contributed by atoms with van der Waals surface area (Å²) in [5.41, 5.74) is 0. The van der Waals surface area contributed by atoms with E-state index in [9.17, 15) is 4.79 Å². The lowest BCUT2D eigenvalue weighted by molar-refractivity contribution is -0.0592. The van der Waals surface area contributed by atoms with Crippen molar-refractivity contribution in [2.75, 3.05) is 20.2 Å². The SMILES string of the molecule is COc1ccccc1OCc1ccc(C(=O)N2CC(C)OC(C)C2)o1. The second-order valence-corrected chi connectivity index (χ2v) is 6.17. The van der Waals surface area contributed by atoms with Crippen LogP contribution in [0.3, 0.4) is 0 Å². The smallest absolute Gasteiger partial charge is 0.289 e. The van der Waals surface area contributed by atoms with Gasteiger partial charge in [0.25, 0.3) is 5.91 Å². The van der Waals surface area contributed by atoms with Crippen molar-refractivity contribution in [2.24, 2.45) is 0 Å². The summed E-state index contributed by atoms with van der Waals surface area (Å²) in [6.07, 6.45) is 0.0482. The van der Waals surface area contributed by atoms with Gasteiger partial charge < -0.3 is 23.5 Å².